The number of benzene rings is 1. The third-order valence-corrected chi connectivity index (χ3v) is 8.88. The topological polar surface area (TPSA) is 137 Å². The number of piperidine rings is 1. The highest BCUT2D eigenvalue weighted by Gasteiger charge is 2.31. The minimum Gasteiger partial charge on any atom is -0.282 e. The first-order valence-electron chi connectivity index (χ1n) is 10.5. The summed E-state index contributed by atoms with van der Waals surface area (Å²) >= 11 is 7.45. The third-order valence-electron chi connectivity index (χ3n) is 5.57. The number of nitrogens with one attached hydrogen (secondary N) is 3. The molecule has 0 aliphatic carbocycles. The van der Waals surface area contributed by atoms with Crippen LogP contribution >= 0.6 is 22.9 Å². The number of halogens is 1. The number of aryl methyl sites for hydroxylation is 2. The summed E-state index contributed by atoms with van der Waals surface area (Å²) in [7, 11) is -3.63. The maximum absolute atomic E-state index is 13.0. The number of hydrazine groups is 1. The van der Waals surface area contributed by atoms with Crippen LogP contribution in [0.15, 0.2) is 34.5 Å². The van der Waals surface area contributed by atoms with Gasteiger partial charge < -0.3 is 0 Å². The summed E-state index contributed by atoms with van der Waals surface area (Å²) < 4.78 is 27.4. The molecule has 10 nitrogen and oxygen atoms in total. The van der Waals surface area contributed by atoms with Crippen LogP contribution in [0.2, 0.25) is 5.02 Å². The number of nitrogens with zero attached hydrogens (tertiary/aromatic N) is 3. The van der Waals surface area contributed by atoms with Crippen molar-refractivity contribution in [2.75, 3.05) is 13.1 Å². The highest BCUT2D eigenvalue weighted by atomic mass is 35.5. The van der Waals surface area contributed by atoms with Gasteiger partial charge in [0.05, 0.1) is 9.90 Å². The van der Waals surface area contributed by atoms with Crippen LogP contribution in [-0.4, -0.2) is 52.8 Å². The van der Waals surface area contributed by atoms with Crippen molar-refractivity contribution in [1.82, 2.24) is 30.3 Å². The Hall–Kier alpha value is -2.80. The second kappa shape index (κ2) is 9.82. The molecule has 0 radical (unpaired) electrons. The Labute approximate surface area is 205 Å². The monoisotopic (exact) mass is 522 g/mol. The summed E-state index contributed by atoms with van der Waals surface area (Å²) in [6, 6.07) is 6.31. The highest BCUT2D eigenvalue weighted by molar-refractivity contribution is 7.89. The van der Waals surface area contributed by atoms with Crippen LogP contribution in [0.25, 0.3) is 0 Å². The van der Waals surface area contributed by atoms with Gasteiger partial charge in [-0.2, -0.15) is 9.40 Å². The van der Waals surface area contributed by atoms with Crippen molar-refractivity contribution < 1.29 is 18.0 Å². The summed E-state index contributed by atoms with van der Waals surface area (Å²) in [5, 5.41) is 9.27. The Morgan fingerprint density at radius 2 is 1.79 bits per heavy atom. The van der Waals surface area contributed by atoms with Gasteiger partial charge in [-0.1, -0.05) is 17.7 Å². The number of carbonyl (C=O) groups excluding carboxylic acids is 2. The number of aromatic nitrogens is 3. The summed E-state index contributed by atoms with van der Waals surface area (Å²) in [5.74, 6) is -1.04. The van der Waals surface area contributed by atoms with E-state index < -0.39 is 21.8 Å². The SMILES string of the molecule is Cc1cc(C(=O)NNC(=O)c2csc(C3CCN(S(=O)(=O)c4ccc(C)c(Cl)c4)CC3)n2)n[nH]1. The first kappa shape index (κ1) is 24.3. The van der Waals surface area contributed by atoms with E-state index in [1.165, 1.54) is 21.7 Å². The van der Waals surface area contributed by atoms with Crippen LogP contribution in [0.4, 0.5) is 0 Å². The molecule has 2 aromatic heterocycles. The molecule has 3 aromatic rings. The average molecular weight is 523 g/mol. The van der Waals surface area contributed by atoms with Crippen molar-refractivity contribution >= 4 is 44.8 Å². The number of hydrogen-bond donors (Lipinski definition) is 3. The van der Waals surface area contributed by atoms with Crippen molar-refractivity contribution in [3.8, 4) is 0 Å². The zero-order valence-corrected chi connectivity index (χ0v) is 20.9. The summed E-state index contributed by atoms with van der Waals surface area (Å²) in [4.78, 5) is 29.0. The van der Waals surface area contributed by atoms with Gasteiger partial charge in [-0.3, -0.25) is 25.5 Å². The van der Waals surface area contributed by atoms with Gasteiger partial charge in [0, 0.05) is 35.1 Å². The summed E-state index contributed by atoms with van der Waals surface area (Å²) in [5.41, 5.74) is 6.52. The van der Waals surface area contributed by atoms with Crippen LogP contribution in [-0.2, 0) is 10.0 Å². The second-order valence-corrected chi connectivity index (χ2v) is 11.2. The predicted molar refractivity (Wildman–Crippen MR) is 127 cm³/mol. The molecule has 0 spiro atoms. The van der Waals surface area contributed by atoms with Gasteiger partial charge in [0.2, 0.25) is 10.0 Å². The molecule has 0 atom stereocenters. The standard InChI is InChI=1S/C21H23ClN6O4S2/c1-12-3-4-15(10-16(12)22)34(31,32)28-7-5-14(6-8-28)21-23-18(11-33-21)20(30)27-26-19(29)17-9-13(2)24-25-17/h3-4,9-11,14H,5-8H2,1-2H3,(H,24,25)(H,26,29)(H,27,30). The van der Waals surface area contributed by atoms with Crippen LogP contribution in [0.5, 0.6) is 0 Å². The third kappa shape index (κ3) is 5.14. The van der Waals surface area contributed by atoms with E-state index in [4.69, 9.17) is 11.6 Å². The fourth-order valence-electron chi connectivity index (χ4n) is 3.58. The molecule has 3 heterocycles. The van der Waals surface area contributed by atoms with E-state index >= 15 is 0 Å². The first-order chi connectivity index (χ1) is 16.1. The highest BCUT2D eigenvalue weighted by Crippen LogP contribution is 2.33. The van der Waals surface area contributed by atoms with Crippen molar-refractivity contribution in [3.05, 3.63) is 62.3 Å². The zero-order chi connectivity index (χ0) is 24.5. The molecule has 0 bridgehead atoms. The lowest BCUT2D eigenvalue weighted by molar-refractivity contribution is 0.0841. The molecule has 1 saturated heterocycles. The van der Waals surface area contributed by atoms with Gasteiger partial charge in [0.1, 0.15) is 5.69 Å². The fraction of sp³-hybridized carbons (Fsp3) is 0.333. The van der Waals surface area contributed by atoms with Gasteiger partial charge in [0.15, 0.2) is 5.69 Å². The number of carbonyl (C=O) groups is 2. The molecule has 1 aliphatic heterocycles. The average Bonchev–Trinajstić information content (AvgIpc) is 3.49. The number of sulfonamides is 1. The van der Waals surface area contributed by atoms with E-state index in [9.17, 15) is 18.0 Å². The summed E-state index contributed by atoms with van der Waals surface area (Å²) in [6.45, 7) is 4.27. The fourth-order valence-corrected chi connectivity index (χ4v) is 6.29. The normalized spacial score (nSPS) is 15.3. The Morgan fingerprint density at radius 1 is 1.12 bits per heavy atom. The van der Waals surface area contributed by atoms with Crippen LogP contribution in [0, 0.1) is 13.8 Å². The molecule has 1 fully saturated rings. The van der Waals surface area contributed by atoms with Crippen LogP contribution < -0.4 is 10.9 Å². The van der Waals surface area contributed by atoms with Gasteiger partial charge >= 0.3 is 0 Å². The van der Waals surface area contributed by atoms with Gasteiger partial charge in [-0.15, -0.1) is 11.3 Å². The predicted octanol–water partition coefficient (Wildman–Crippen LogP) is 2.78. The van der Waals surface area contributed by atoms with Gasteiger partial charge in [-0.05, 0) is 50.5 Å². The molecule has 4 rings (SSSR count). The molecule has 34 heavy (non-hydrogen) atoms. The Morgan fingerprint density at radius 3 is 2.41 bits per heavy atom. The first-order valence-corrected chi connectivity index (χ1v) is 13.2. The van der Waals surface area contributed by atoms with Crippen molar-refractivity contribution in [2.24, 2.45) is 0 Å². The number of amides is 2. The van der Waals surface area contributed by atoms with E-state index in [1.54, 1.807) is 30.5 Å². The number of hydrogen-bond acceptors (Lipinski definition) is 7. The van der Waals surface area contributed by atoms with E-state index in [1.807, 2.05) is 6.92 Å². The maximum atomic E-state index is 13.0. The Bertz CT molecular complexity index is 1330. The van der Waals surface area contributed by atoms with E-state index in [2.05, 4.69) is 26.0 Å². The van der Waals surface area contributed by atoms with Crippen molar-refractivity contribution in [1.29, 1.82) is 0 Å². The molecule has 13 heteroatoms. The quantitative estimate of drug-likeness (QED) is 0.441. The molecular weight excluding hydrogens is 500 g/mol. The van der Waals surface area contributed by atoms with E-state index in [-0.39, 0.29) is 22.2 Å². The van der Waals surface area contributed by atoms with Crippen LogP contribution in [0.3, 0.4) is 0 Å². The second-order valence-electron chi connectivity index (χ2n) is 8.00. The lowest BCUT2D eigenvalue weighted by Crippen LogP contribution is -2.42. The molecule has 0 unspecified atom stereocenters. The largest absolute Gasteiger partial charge is 0.290 e. The minimum atomic E-state index is -3.63. The molecule has 180 valence electrons. The van der Waals surface area contributed by atoms with E-state index in [0.717, 1.165) is 16.3 Å². The van der Waals surface area contributed by atoms with E-state index in [0.29, 0.717) is 31.0 Å². The van der Waals surface area contributed by atoms with Gasteiger partial charge in [-0.25, -0.2) is 13.4 Å². The van der Waals surface area contributed by atoms with Crippen molar-refractivity contribution in [3.63, 3.8) is 0 Å². The van der Waals surface area contributed by atoms with Gasteiger partial charge in [0.25, 0.3) is 11.8 Å². The number of thiazole rings is 1. The minimum absolute atomic E-state index is 0.0428. The lowest BCUT2D eigenvalue weighted by atomic mass is 9.99. The smallest absolute Gasteiger partial charge is 0.282 e. The number of H-pyrrole nitrogens is 1. The zero-order valence-electron chi connectivity index (χ0n) is 18.5. The molecule has 2 amide bonds. The Kier molecular flexibility index (Phi) is 7.03. The number of aromatic amines is 1. The molecule has 1 aliphatic rings. The molecule has 3 N–H and O–H groups in total. The lowest BCUT2D eigenvalue weighted by Gasteiger charge is -2.30. The molecule has 1 aromatic carbocycles. The van der Waals surface area contributed by atoms with Crippen LogP contribution in [0.1, 0.15) is 56.0 Å². The van der Waals surface area contributed by atoms with Crippen molar-refractivity contribution in [2.45, 2.75) is 37.5 Å². The molecule has 0 saturated carbocycles. The Balaban J connectivity index is 1.33. The maximum Gasteiger partial charge on any atom is 0.290 e. The molecular formula is C21H23ClN6O4S2. The number of rotatable bonds is 5. The summed E-state index contributed by atoms with van der Waals surface area (Å²) in [6.07, 6.45) is 1.17.